The molecule has 1 heterocycles. The molecule has 0 amide bonds. The zero-order valence-corrected chi connectivity index (χ0v) is 5.57. The molecule has 52 valence electrons. The van der Waals surface area contributed by atoms with E-state index in [1.165, 1.54) is 0 Å². The Bertz CT molecular complexity index is 202. The second-order valence-corrected chi connectivity index (χ2v) is 1.55. The van der Waals surface area contributed by atoms with E-state index in [-0.39, 0.29) is 6.15 Å². The van der Waals surface area contributed by atoms with E-state index in [2.05, 4.69) is 4.98 Å². The van der Waals surface area contributed by atoms with Crippen LogP contribution >= 0.6 is 0 Å². The highest BCUT2D eigenvalue weighted by molar-refractivity contribution is 5.20. The third-order valence-electron chi connectivity index (χ3n) is 0.813. The summed E-state index contributed by atoms with van der Waals surface area (Å²) in [5.41, 5.74) is 1.07. The van der Waals surface area contributed by atoms with Gasteiger partial charge in [-0.05, 0) is 19.1 Å². The van der Waals surface area contributed by atoms with Crippen LogP contribution in [0.3, 0.4) is 0 Å². The molecule has 0 atom stereocenters. The number of pyridine rings is 1. The average Bonchev–Trinajstić information content (AvgIpc) is 1.91. The predicted molar refractivity (Wildman–Crippen MR) is 34.0 cm³/mol. The Morgan fingerprint density at radius 3 is 2.20 bits per heavy atom. The highest BCUT2D eigenvalue weighted by Gasteiger charge is 1.73. The summed E-state index contributed by atoms with van der Waals surface area (Å²) >= 11 is 0. The van der Waals surface area contributed by atoms with Gasteiger partial charge in [0.05, 0.1) is 0 Å². The fraction of sp³-hybridized carbons (Fsp3) is 0.143. The molecule has 0 bridgehead atoms. The van der Waals surface area contributed by atoms with Gasteiger partial charge in [0.2, 0.25) is 0 Å². The first-order valence-electron chi connectivity index (χ1n) is 2.68. The van der Waals surface area contributed by atoms with Gasteiger partial charge >= 0.3 is 6.15 Å². The molecule has 0 aliphatic carbocycles. The van der Waals surface area contributed by atoms with Gasteiger partial charge in [0.15, 0.2) is 0 Å². The van der Waals surface area contributed by atoms with Gasteiger partial charge in [-0.3, -0.25) is 4.98 Å². The zero-order valence-electron chi connectivity index (χ0n) is 5.57. The lowest BCUT2D eigenvalue weighted by atomic mass is 10.4. The second-order valence-electron chi connectivity index (χ2n) is 1.55. The van der Waals surface area contributed by atoms with Crippen molar-refractivity contribution in [1.82, 2.24) is 4.98 Å². The van der Waals surface area contributed by atoms with Crippen molar-refractivity contribution in [3.8, 4) is 0 Å². The first-order valence-corrected chi connectivity index (χ1v) is 2.68. The Hall–Kier alpha value is -1.47. The summed E-state index contributed by atoms with van der Waals surface area (Å²) in [5.74, 6) is 0. The van der Waals surface area contributed by atoms with Gasteiger partial charge in [-0.2, -0.15) is 9.59 Å². The number of nitrogens with zero attached hydrogens (tertiary/aromatic N) is 1. The molecule has 0 saturated heterocycles. The molecule has 10 heavy (non-hydrogen) atoms. The molecule has 1 aromatic rings. The monoisotopic (exact) mass is 137 g/mol. The van der Waals surface area contributed by atoms with Gasteiger partial charge in [-0.15, -0.1) is 0 Å². The quantitative estimate of drug-likeness (QED) is 0.531. The van der Waals surface area contributed by atoms with Crippen LogP contribution in [0.15, 0.2) is 24.4 Å². The molecule has 1 aromatic heterocycles. The Morgan fingerprint density at radius 1 is 1.40 bits per heavy atom. The van der Waals surface area contributed by atoms with Crippen molar-refractivity contribution in [2.75, 3.05) is 0 Å². The number of rotatable bonds is 0. The molecular formula is C7H7NO2. The second kappa shape index (κ2) is 5.66. The lowest BCUT2D eigenvalue weighted by Gasteiger charge is -1.82. The van der Waals surface area contributed by atoms with Crippen molar-refractivity contribution in [2.45, 2.75) is 6.92 Å². The molecule has 0 aliphatic heterocycles. The topological polar surface area (TPSA) is 47.0 Å². The predicted octanol–water partition coefficient (Wildman–Crippen LogP) is 0.807. The molecule has 1 rings (SSSR count). The van der Waals surface area contributed by atoms with Gasteiger partial charge < -0.3 is 0 Å². The summed E-state index contributed by atoms with van der Waals surface area (Å²) in [7, 11) is 0. The van der Waals surface area contributed by atoms with Gasteiger partial charge in [0, 0.05) is 11.9 Å². The maximum Gasteiger partial charge on any atom is 0.373 e. The van der Waals surface area contributed by atoms with E-state index in [1.54, 1.807) is 6.20 Å². The van der Waals surface area contributed by atoms with Crippen molar-refractivity contribution in [3.63, 3.8) is 0 Å². The van der Waals surface area contributed by atoms with Crippen LogP contribution in [0, 0.1) is 6.92 Å². The molecule has 0 aliphatic rings. The summed E-state index contributed by atoms with van der Waals surface area (Å²) < 4.78 is 0. The summed E-state index contributed by atoms with van der Waals surface area (Å²) in [4.78, 5) is 20.2. The van der Waals surface area contributed by atoms with Crippen LogP contribution in [0.2, 0.25) is 0 Å². The maximum absolute atomic E-state index is 8.12. The molecule has 0 unspecified atom stereocenters. The van der Waals surface area contributed by atoms with E-state index in [0.717, 1.165) is 5.69 Å². The Labute approximate surface area is 58.7 Å². The van der Waals surface area contributed by atoms with Crippen molar-refractivity contribution >= 4 is 6.15 Å². The molecule has 0 aromatic carbocycles. The van der Waals surface area contributed by atoms with Gasteiger partial charge in [0.1, 0.15) is 0 Å². The minimum Gasteiger partial charge on any atom is -0.262 e. The first kappa shape index (κ1) is 8.53. The molecule has 0 radical (unpaired) electrons. The lowest BCUT2D eigenvalue weighted by Crippen LogP contribution is -1.72. The van der Waals surface area contributed by atoms with Crippen LogP contribution < -0.4 is 0 Å². The van der Waals surface area contributed by atoms with Crippen molar-refractivity contribution in [1.29, 1.82) is 0 Å². The van der Waals surface area contributed by atoms with Crippen molar-refractivity contribution in [3.05, 3.63) is 30.1 Å². The molecule has 0 N–H and O–H groups in total. The number of aromatic nitrogens is 1. The minimum atomic E-state index is 0.250. The molecule has 0 fully saturated rings. The van der Waals surface area contributed by atoms with Gasteiger partial charge in [0.25, 0.3) is 0 Å². The van der Waals surface area contributed by atoms with Crippen molar-refractivity contribution in [2.24, 2.45) is 0 Å². The molecule has 0 saturated carbocycles. The number of aryl methyl sites for hydroxylation is 1. The van der Waals surface area contributed by atoms with Gasteiger partial charge in [-0.25, -0.2) is 0 Å². The summed E-state index contributed by atoms with van der Waals surface area (Å²) in [6.45, 7) is 1.97. The zero-order chi connectivity index (χ0) is 7.82. The van der Waals surface area contributed by atoms with E-state index in [1.807, 2.05) is 25.1 Å². The van der Waals surface area contributed by atoms with E-state index >= 15 is 0 Å². The molecule has 3 nitrogen and oxygen atoms in total. The molecule has 3 heteroatoms. The van der Waals surface area contributed by atoms with E-state index in [9.17, 15) is 0 Å². The van der Waals surface area contributed by atoms with E-state index < -0.39 is 0 Å². The summed E-state index contributed by atoms with van der Waals surface area (Å²) in [5, 5.41) is 0. The summed E-state index contributed by atoms with van der Waals surface area (Å²) in [6.07, 6.45) is 2.04. The van der Waals surface area contributed by atoms with Gasteiger partial charge in [-0.1, -0.05) is 6.07 Å². The van der Waals surface area contributed by atoms with Crippen molar-refractivity contribution < 1.29 is 9.59 Å². The normalized spacial score (nSPS) is 6.90. The van der Waals surface area contributed by atoms with Crippen LogP contribution in [0.1, 0.15) is 5.69 Å². The summed E-state index contributed by atoms with van der Waals surface area (Å²) in [6, 6.07) is 5.86. The van der Waals surface area contributed by atoms with E-state index in [0.29, 0.717) is 0 Å². The maximum atomic E-state index is 8.12. The lowest BCUT2D eigenvalue weighted by molar-refractivity contribution is -0.191. The number of hydrogen-bond acceptors (Lipinski definition) is 3. The average molecular weight is 137 g/mol. The fourth-order valence-electron chi connectivity index (χ4n) is 0.448. The molecular weight excluding hydrogens is 130 g/mol. The Morgan fingerprint density at radius 2 is 2.00 bits per heavy atom. The number of carbonyl (C=O) groups excluding carboxylic acids is 2. The Balaban J connectivity index is 0.000000236. The first-order chi connectivity index (χ1) is 4.81. The van der Waals surface area contributed by atoms with Crippen LogP contribution in [0.25, 0.3) is 0 Å². The van der Waals surface area contributed by atoms with Crippen LogP contribution in [-0.2, 0) is 9.59 Å². The highest BCUT2D eigenvalue weighted by Crippen LogP contribution is 1.85. The largest absolute Gasteiger partial charge is 0.373 e. The standard InChI is InChI=1S/C6H7N.CO2/c1-6-4-2-3-5-7-6;2-1-3/h2-5H,1H3;. The fourth-order valence-corrected chi connectivity index (χ4v) is 0.448. The van der Waals surface area contributed by atoms with Crippen LogP contribution in [0.5, 0.6) is 0 Å². The minimum absolute atomic E-state index is 0.250. The smallest absolute Gasteiger partial charge is 0.262 e. The SMILES string of the molecule is Cc1ccccn1.O=C=O. The number of hydrogen-bond donors (Lipinski definition) is 0. The third kappa shape index (κ3) is 4.68. The highest BCUT2D eigenvalue weighted by atomic mass is 16.2. The Kier molecular flexibility index (Phi) is 4.83. The molecule has 0 spiro atoms. The van der Waals surface area contributed by atoms with E-state index in [4.69, 9.17) is 9.59 Å². The van der Waals surface area contributed by atoms with Crippen LogP contribution in [-0.4, -0.2) is 11.1 Å². The third-order valence-corrected chi connectivity index (χ3v) is 0.813. The van der Waals surface area contributed by atoms with Crippen LogP contribution in [0.4, 0.5) is 0 Å².